The summed E-state index contributed by atoms with van der Waals surface area (Å²) in [6.45, 7) is 4.37. The number of nitrogens with two attached hydrogens (primary N) is 1. The number of benzene rings is 1. The van der Waals surface area contributed by atoms with E-state index < -0.39 is 0 Å². The Hall–Kier alpha value is -1.37. The number of aromatic nitrogens is 2. The van der Waals surface area contributed by atoms with E-state index in [0.29, 0.717) is 12.1 Å². The van der Waals surface area contributed by atoms with Crippen LogP contribution in [0.1, 0.15) is 29.4 Å². The molecule has 0 spiro atoms. The largest absolute Gasteiger partial charge is 0.352 e. The Labute approximate surface area is 144 Å². The second-order valence-corrected chi connectivity index (χ2v) is 5.97. The predicted octanol–water partition coefficient (Wildman–Crippen LogP) is 2.83. The van der Waals surface area contributed by atoms with E-state index in [-0.39, 0.29) is 24.4 Å². The van der Waals surface area contributed by atoms with Crippen LogP contribution in [0.15, 0.2) is 34.9 Å². The fourth-order valence-corrected chi connectivity index (χ4v) is 2.40. The van der Waals surface area contributed by atoms with Crippen molar-refractivity contribution in [1.29, 1.82) is 0 Å². The van der Waals surface area contributed by atoms with Crippen LogP contribution in [0.4, 0.5) is 0 Å². The summed E-state index contributed by atoms with van der Waals surface area (Å²) in [7, 11) is 0. The van der Waals surface area contributed by atoms with Crippen molar-refractivity contribution in [2.24, 2.45) is 5.73 Å². The van der Waals surface area contributed by atoms with Crippen molar-refractivity contribution in [3.8, 4) is 5.69 Å². The van der Waals surface area contributed by atoms with Gasteiger partial charge in [-0.05, 0) is 38.5 Å². The van der Waals surface area contributed by atoms with Crippen LogP contribution in [0, 0.1) is 6.92 Å². The van der Waals surface area contributed by atoms with Crippen LogP contribution in [-0.4, -0.2) is 28.3 Å². The Morgan fingerprint density at radius 1 is 1.50 bits per heavy atom. The first-order chi connectivity index (χ1) is 9.99. The lowest BCUT2D eigenvalue weighted by atomic mass is 10.2. The number of rotatable bonds is 5. The Morgan fingerprint density at radius 3 is 2.86 bits per heavy atom. The number of amides is 1. The molecule has 0 radical (unpaired) electrons. The first-order valence-corrected chi connectivity index (χ1v) is 7.62. The van der Waals surface area contributed by atoms with Crippen molar-refractivity contribution in [1.82, 2.24) is 15.1 Å². The number of hydrogen-bond acceptors (Lipinski definition) is 3. The second kappa shape index (κ2) is 8.31. The molecule has 0 fully saturated rings. The Bertz CT molecular complexity index is 642. The van der Waals surface area contributed by atoms with Gasteiger partial charge in [0.2, 0.25) is 0 Å². The molecule has 1 aromatic carbocycles. The lowest BCUT2D eigenvalue weighted by Crippen LogP contribution is -2.29. The zero-order chi connectivity index (χ0) is 15.4. The van der Waals surface area contributed by atoms with Gasteiger partial charge in [0, 0.05) is 17.1 Å². The molecule has 5 nitrogen and oxygen atoms in total. The summed E-state index contributed by atoms with van der Waals surface area (Å²) in [6.07, 6.45) is 2.35. The topological polar surface area (TPSA) is 72.9 Å². The van der Waals surface area contributed by atoms with Crippen molar-refractivity contribution in [2.75, 3.05) is 6.54 Å². The molecule has 0 aliphatic heterocycles. The zero-order valence-electron chi connectivity index (χ0n) is 12.5. The van der Waals surface area contributed by atoms with E-state index in [0.717, 1.165) is 22.3 Å². The van der Waals surface area contributed by atoms with E-state index in [2.05, 4.69) is 26.3 Å². The van der Waals surface area contributed by atoms with Crippen molar-refractivity contribution < 1.29 is 4.79 Å². The summed E-state index contributed by atoms with van der Waals surface area (Å²) in [4.78, 5) is 12.1. The number of carbonyl (C=O) groups is 1. The van der Waals surface area contributed by atoms with Gasteiger partial charge in [-0.25, -0.2) is 4.68 Å². The molecule has 0 aliphatic carbocycles. The molecular weight excluding hydrogens is 368 g/mol. The minimum absolute atomic E-state index is 0. The maximum Gasteiger partial charge on any atom is 0.254 e. The van der Waals surface area contributed by atoms with Crippen LogP contribution in [0.25, 0.3) is 5.69 Å². The fraction of sp³-hybridized carbons (Fsp3) is 0.333. The van der Waals surface area contributed by atoms with Crippen LogP contribution >= 0.6 is 28.3 Å². The predicted molar refractivity (Wildman–Crippen MR) is 93.8 cm³/mol. The summed E-state index contributed by atoms with van der Waals surface area (Å²) in [6, 6.07) is 7.86. The molecule has 22 heavy (non-hydrogen) atoms. The summed E-state index contributed by atoms with van der Waals surface area (Å²) in [5, 5.41) is 7.17. The van der Waals surface area contributed by atoms with E-state index >= 15 is 0 Å². The molecule has 2 rings (SSSR count). The molecule has 1 amide bonds. The fourth-order valence-electron chi connectivity index (χ4n) is 2.01. The van der Waals surface area contributed by atoms with E-state index in [1.807, 2.05) is 38.1 Å². The lowest BCUT2D eigenvalue weighted by molar-refractivity contribution is 0.0952. The molecule has 2 aromatic rings. The summed E-state index contributed by atoms with van der Waals surface area (Å²) in [5.41, 5.74) is 7.98. The Balaban J connectivity index is 0.00000242. The third-order valence-electron chi connectivity index (χ3n) is 3.19. The van der Waals surface area contributed by atoms with Crippen LogP contribution in [-0.2, 0) is 0 Å². The second-order valence-electron chi connectivity index (χ2n) is 5.06. The number of carbonyl (C=O) groups excluding carboxylic acids is 1. The molecule has 0 aliphatic rings. The number of nitrogens with zero attached hydrogens (tertiary/aromatic N) is 2. The van der Waals surface area contributed by atoms with Crippen LogP contribution in [0.2, 0.25) is 0 Å². The molecule has 1 atom stereocenters. The van der Waals surface area contributed by atoms with Gasteiger partial charge in [-0.15, -0.1) is 12.4 Å². The SMILES string of the molecule is Cc1c(C(=O)NCCC(C)N)cnn1-c1cccc(Br)c1.Cl. The molecule has 1 unspecified atom stereocenters. The van der Waals surface area contributed by atoms with Gasteiger partial charge in [0.1, 0.15) is 0 Å². The molecule has 3 N–H and O–H groups in total. The van der Waals surface area contributed by atoms with Crippen LogP contribution in [0.3, 0.4) is 0 Å². The normalized spacial score (nSPS) is 11.6. The maximum absolute atomic E-state index is 12.1. The quantitative estimate of drug-likeness (QED) is 0.828. The van der Waals surface area contributed by atoms with Gasteiger partial charge in [0.25, 0.3) is 5.91 Å². The summed E-state index contributed by atoms with van der Waals surface area (Å²) < 4.78 is 2.73. The first kappa shape index (κ1) is 18.7. The highest BCUT2D eigenvalue weighted by Gasteiger charge is 2.14. The van der Waals surface area contributed by atoms with Gasteiger partial charge in [-0.1, -0.05) is 22.0 Å². The number of halogens is 2. The third-order valence-corrected chi connectivity index (χ3v) is 3.69. The maximum atomic E-state index is 12.1. The zero-order valence-corrected chi connectivity index (χ0v) is 14.9. The number of hydrogen-bond donors (Lipinski definition) is 2. The average molecular weight is 388 g/mol. The van der Waals surface area contributed by atoms with E-state index in [4.69, 9.17) is 5.73 Å². The van der Waals surface area contributed by atoms with Crippen LogP contribution in [0.5, 0.6) is 0 Å². The standard InChI is InChI=1S/C15H19BrN4O.ClH/c1-10(17)6-7-18-15(21)14-9-19-20(11(14)2)13-5-3-4-12(16)8-13;/h3-5,8-10H,6-7,17H2,1-2H3,(H,18,21);1H. The lowest BCUT2D eigenvalue weighted by Gasteiger charge is -2.08. The van der Waals surface area contributed by atoms with Gasteiger partial charge in [-0.3, -0.25) is 4.79 Å². The van der Waals surface area contributed by atoms with Gasteiger partial charge >= 0.3 is 0 Å². The van der Waals surface area contributed by atoms with Crippen LogP contribution < -0.4 is 11.1 Å². The molecule has 0 saturated carbocycles. The van der Waals surface area contributed by atoms with Gasteiger partial charge in [0.05, 0.1) is 23.1 Å². The van der Waals surface area contributed by atoms with Gasteiger partial charge in [-0.2, -0.15) is 5.10 Å². The average Bonchev–Trinajstić information content (AvgIpc) is 2.80. The highest BCUT2D eigenvalue weighted by molar-refractivity contribution is 9.10. The third kappa shape index (κ3) is 4.56. The number of nitrogens with one attached hydrogen (secondary N) is 1. The minimum atomic E-state index is -0.116. The van der Waals surface area contributed by atoms with Crippen molar-refractivity contribution in [3.05, 3.63) is 46.2 Å². The van der Waals surface area contributed by atoms with E-state index in [1.54, 1.807) is 10.9 Å². The van der Waals surface area contributed by atoms with Gasteiger partial charge < -0.3 is 11.1 Å². The van der Waals surface area contributed by atoms with Gasteiger partial charge in [0.15, 0.2) is 0 Å². The molecular formula is C15H20BrClN4O. The monoisotopic (exact) mass is 386 g/mol. The van der Waals surface area contributed by atoms with Crippen molar-refractivity contribution in [3.63, 3.8) is 0 Å². The smallest absolute Gasteiger partial charge is 0.254 e. The highest BCUT2D eigenvalue weighted by Crippen LogP contribution is 2.18. The summed E-state index contributed by atoms with van der Waals surface area (Å²) in [5.74, 6) is -0.116. The summed E-state index contributed by atoms with van der Waals surface area (Å²) >= 11 is 3.44. The molecule has 0 saturated heterocycles. The molecule has 0 bridgehead atoms. The van der Waals surface area contributed by atoms with Crippen molar-refractivity contribution in [2.45, 2.75) is 26.3 Å². The minimum Gasteiger partial charge on any atom is -0.352 e. The molecule has 1 aromatic heterocycles. The molecule has 120 valence electrons. The van der Waals surface area contributed by atoms with Crippen molar-refractivity contribution >= 4 is 34.2 Å². The van der Waals surface area contributed by atoms with E-state index in [1.165, 1.54) is 0 Å². The Morgan fingerprint density at radius 2 is 2.23 bits per heavy atom. The molecule has 7 heteroatoms. The Kier molecular flexibility index (Phi) is 7.06. The first-order valence-electron chi connectivity index (χ1n) is 6.83. The highest BCUT2D eigenvalue weighted by atomic mass is 79.9. The molecule has 1 heterocycles. The van der Waals surface area contributed by atoms with E-state index in [9.17, 15) is 4.79 Å².